The molecule has 0 aromatic rings. The van der Waals surface area contributed by atoms with Gasteiger partial charge in [0.1, 0.15) is 0 Å². The predicted octanol–water partition coefficient (Wildman–Crippen LogP) is -0.133. The van der Waals surface area contributed by atoms with E-state index in [1.165, 1.54) is 0 Å². The Bertz CT molecular complexity index is 134. The third kappa shape index (κ3) is 1.72. The molecule has 0 radical (unpaired) electrons. The molecule has 1 rings (SSSR count). The van der Waals surface area contributed by atoms with Crippen LogP contribution < -0.4 is 0 Å². The highest BCUT2D eigenvalue weighted by atomic mass is 16.6. The smallest absolute Gasteiger partial charge is 0.417 e. The molecule has 0 atom stereocenters. The average molecular weight is 144 g/mol. The molecule has 10 heavy (non-hydrogen) atoms. The van der Waals surface area contributed by atoms with E-state index < -0.39 is 11.9 Å². The van der Waals surface area contributed by atoms with E-state index in [0.29, 0.717) is 13.2 Å². The third-order valence-corrected chi connectivity index (χ3v) is 1.17. The van der Waals surface area contributed by atoms with Crippen molar-refractivity contribution in [3.8, 4) is 0 Å². The Morgan fingerprint density at radius 2 is 1.30 bits per heavy atom. The monoisotopic (exact) mass is 144 g/mol. The number of cyclic esters (lactones) is 2. The molecule has 1 fully saturated rings. The Morgan fingerprint density at radius 1 is 0.900 bits per heavy atom. The minimum atomic E-state index is -0.875. The van der Waals surface area contributed by atoms with Crippen molar-refractivity contribution in [2.24, 2.45) is 0 Å². The van der Waals surface area contributed by atoms with Crippen LogP contribution in [-0.2, 0) is 19.1 Å². The Labute approximate surface area is 58.1 Å². The van der Waals surface area contributed by atoms with Crippen molar-refractivity contribution in [2.75, 3.05) is 13.2 Å². The number of hydrogen-bond acceptors (Lipinski definition) is 4. The summed E-state index contributed by atoms with van der Waals surface area (Å²) < 4.78 is 8.96. The molecule has 0 bridgehead atoms. The number of esters is 2. The summed E-state index contributed by atoms with van der Waals surface area (Å²) in [6, 6.07) is 0. The Morgan fingerprint density at radius 3 is 1.70 bits per heavy atom. The van der Waals surface area contributed by atoms with Crippen LogP contribution in [0.25, 0.3) is 0 Å². The van der Waals surface area contributed by atoms with Gasteiger partial charge >= 0.3 is 11.9 Å². The predicted molar refractivity (Wildman–Crippen MR) is 31.2 cm³/mol. The summed E-state index contributed by atoms with van der Waals surface area (Å²) in [6.07, 6.45) is 1.53. The van der Waals surface area contributed by atoms with Crippen LogP contribution in [0.3, 0.4) is 0 Å². The topological polar surface area (TPSA) is 52.6 Å². The summed E-state index contributed by atoms with van der Waals surface area (Å²) in [5.41, 5.74) is 0. The molecule has 1 aliphatic rings. The molecule has 0 spiro atoms. The first kappa shape index (κ1) is 7.05. The minimum Gasteiger partial charge on any atom is -0.457 e. The average Bonchev–Trinajstić information content (AvgIpc) is 1.92. The van der Waals surface area contributed by atoms with Crippen molar-refractivity contribution in [2.45, 2.75) is 12.8 Å². The highest BCUT2D eigenvalue weighted by Crippen LogP contribution is 1.97. The van der Waals surface area contributed by atoms with Gasteiger partial charge in [0.05, 0.1) is 13.2 Å². The number of rotatable bonds is 0. The van der Waals surface area contributed by atoms with Gasteiger partial charge in [-0.15, -0.1) is 0 Å². The van der Waals surface area contributed by atoms with E-state index in [1.807, 2.05) is 0 Å². The summed E-state index contributed by atoms with van der Waals surface area (Å²) in [5, 5.41) is 0. The van der Waals surface area contributed by atoms with Crippen molar-refractivity contribution in [3.05, 3.63) is 0 Å². The van der Waals surface area contributed by atoms with Gasteiger partial charge in [-0.3, -0.25) is 0 Å². The molecule has 1 heterocycles. The maximum Gasteiger partial charge on any atom is 0.417 e. The number of carbonyl (C=O) groups excluding carboxylic acids is 2. The van der Waals surface area contributed by atoms with E-state index in [9.17, 15) is 9.59 Å². The lowest BCUT2D eigenvalue weighted by Gasteiger charge is -2.08. The molecule has 0 amide bonds. The summed E-state index contributed by atoms with van der Waals surface area (Å²) in [5.74, 6) is -1.75. The maximum atomic E-state index is 10.5. The zero-order valence-corrected chi connectivity index (χ0v) is 5.46. The second-order valence-corrected chi connectivity index (χ2v) is 1.98. The van der Waals surface area contributed by atoms with Gasteiger partial charge in [0.2, 0.25) is 0 Å². The van der Waals surface area contributed by atoms with Gasteiger partial charge in [0.15, 0.2) is 0 Å². The van der Waals surface area contributed by atoms with Gasteiger partial charge in [-0.05, 0) is 12.8 Å². The second kappa shape index (κ2) is 3.20. The molecule has 0 aliphatic carbocycles. The summed E-state index contributed by atoms with van der Waals surface area (Å²) >= 11 is 0. The highest BCUT2D eigenvalue weighted by Gasteiger charge is 2.18. The summed E-state index contributed by atoms with van der Waals surface area (Å²) in [6.45, 7) is 0.655. The summed E-state index contributed by atoms with van der Waals surface area (Å²) in [4.78, 5) is 20.9. The van der Waals surface area contributed by atoms with Crippen LogP contribution in [0.15, 0.2) is 0 Å². The van der Waals surface area contributed by atoms with Crippen molar-refractivity contribution in [1.82, 2.24) is 0 Å². The molecule has 0 aromatic carbocycles. The zero-order chi connectivity index (χ0) is 7.40. The normalized spacial score (nSPS) is 20.4. The van der Waals surface area contributed by atoms with E-state index in [1.54, 1.807) is 0 Å². The summed E-state index contributed by atoms with van der Waals surface area (Å²) in [7, 11) is 0. The van der Waals surface area contributed by atoms with Crippen LogP contribution in [0.1, 0.15) is 12.8 Å². The fourth-order valence-electron chi connectivity index (χ4n) is 0.652. The second-order valence-electron chi connectivity index (χ2n) is 1.98. The Hall–Kier alpha value is -1.06. The fraction of sp³-hybridized carbons (Fsp3) is 0.667. The molecule has 4 nitrogen and oxygen atoms in total. The van der Waals surface area contributed by atoms with Crippen LogP contribution in [0.4, 0.5) is 0 Å². The minimum absolute atomic E-state index is 0.327. The third-order valence-electron chi connectivity index (χ3n) is 1.17. The van der Waals surface area contributed by atoms with Gasteiger partial charge in [-0.25, -0.2) is 9.59 Å². The highest BCUT2D eigenvalue weighted by molar-refractivity contribution is 6.29. The molecule has 1 saturated heterocycles. The lowest BCUT2D eigenvalue weighted by atomic mass is 10.3. The lowest BCUT2D eigenvalue weighted by molar-refractivity contribution is -0.169. The SMILES string of the molecule is O=C1OCCCCOC1=O. The standard InChI is InChI=1S/C6H8O4/c7-5-6(8)10-4-2-1-3-9-5/h1-4H2. The maximum absolute atomic E-state index is 10.5. The molecule has 56 valence electrons. The molecular weight excluding hydrogens is 136 g/mol. The van der Waals surface area contributed by atoms with Gasteiger partial charge in [-0.1, -0.05) is 0 Å². The van der Waals surface area contributed by atoms with Gasteiger partial charge < -0.3 is 9.47 Å². The largest absolute Gasteiger partial charge is 0.457 e. The number of ether oxygens (including phenoxy) is 2. The van der Waals surface area contributed by atoms with Gasteiger partial charge in [0.25, 0.3) is 0 Å². The first-order valence-corrected chi connectivity index (χ1v) is 3.14. The van der Waals surface area contributed by atoms with Gasteiger partial charge in [-0.2, -0.15) is 0 Å². The van der Waals surface area contributed by atoms with Crippen LogP contribution >= 0.6 is 0 Å². The van der Waals surface area contributed by atoms with Crippen LogP contribution in [-0.4, -0.2) is 25.2 Å². The Kier molecular flexibility index (Phi) is 2.25. The van der Waals surface area contributed by atoms with E-state index in [2.05, 4.69) is 9.47 Å². The molecular formula is C6H8O4. The molecule has 0 N–H and O–H groups in total. The molecule has 1 aliphatic heterocycles. The fourth-order valence-corrected chi connectivity index (χ4v) is 0.652. The van der Waals surface area contributed by atoms with E-state index in [4.69, 9.17) is 0 Å². The van der Waals surface area contributed by atoms with Crippen LogP contribution in [0, 0.1) is 0 Å². The molecule has 0 aromatic heterocycles. The molecule has 0 saturated carbocycles. The number of carbonyl (C=O) groups is 2. The quantitative estimate of drug-likeness (QED) is 0.351. The van der Waals surface area contributed by atoms with Crippen molar-refractivity contribution >= 4 is 11.9 Å². The van der Waals surface area contributed by atoms with Crippen LogP contribution in [0.5, 0.6) is 0 Å². The van der Waals surface area contributed by atoms with Crippen molar-refractivity contribution < 1.29 is 19.1 Å². The van der Waals surface area contributed by atoms with Gasteiger partial charge in [0, 0.05) is 0 Å². The number of hydrogen-bond donors (Lipinski definition) is 0. The lowest BCUT2D eigenvalue weighted by Crippen LogP contribution is -2.23. The zero-order valence-electron chi connectivity index (χ0n) is 5.46. The van der Waals surface area contributed by atoms with E-state index >= 15 is 0 Å². The van der Waals surface area contributed by atoms with Crippen molar-refractivity contribution in [1.29, 1.82) is 0 Å². The first-order valence-electron chi connectivity index (χ1n) is 3.14. The first-order chi connectivity index (χ1) is 4.80. The van der Waals surface area contributed by atoms with Crippen LogP contribution in [0.2, 0.25) is 0 Å². The molecule has 4 heteroatoms. The molecule has 0 unspecified atom stereocenters. The Balaban J connectivity index is 2.43. The van der Waals surface area contributed by atoms with Crippen molar-refractivity contribution in [3.63, 3.8) is 0 Å². The van der Waals surface area contributed by atoms with E-state index in [0.717, 1.165) is 12.8 Å². The van der Waals surface area contributed by atoms with E-state index in [-0.39, 0.29) is 0 Å².